The molecule has 1 aliphatic heterocycles. The summed E-state index contributed by atoms with van der Waals surface area (Å²) in [5.74, 6) is 1.26. The highest BCUT2D eigenvalue weighted by atomic mass is 16.7. The highest BCUT2D eigenvalue weighted by molar-refractivity contribution is 5.82. The minimum atomic E-state index is -0.616. The van der Waals surface area contributed by atoms with Crippen LogP contribution in [0.15, 0.2) is 48.5 Å². The Labute approximate surface area is 128 Å². The van der Waals surface area contributed by atoms with E-state index in [9.17, 15) is 4.79 Å². The molecule has 22 heavy (non-hydrogen) atoms. The van der Waals surface area contributed by atoms with E-state index in [2.05, 4.69) is 5.32 Å². The first-order valence-electron chi connectivity index (χ1n) is 7.02. The van der Waals surface area contributed by atoms with Crippen molar-refractivity contribution in [2.24, 2.45) is 0 Å². The van der Waals surface area contributed by atoms with E-state index in [4.69, 9.17) is 14.2 Å². The fourth-order valence-electron chi connectivity index (χ4n) is 2.36. The average molecular weight is 299 g/mol. The Hall–Kier alpha value is -2.53. The summed E-state index contributed by atoms with van der Waals surface area (Å²) >= 11 is 0. The molecule has 1 aliphatic rings. The van der Waals surface area contributed by atoms with E-state index in [0.29, 0.717) is 12.3 Å². The highest BCUT2D eigenvalue weighted by Gasteiger charge is 2.20. The Morgan fingerprint density at radius 1 is 1.18 bits per heavy atom. The molecule has 1 N–H and O–H groups in total. The molecule has 0 saturated heterocycles. The number of nitrogens with one attached hydrogen (secondary N) is 1. The van der Waals surface area contributed by atoms with Gasteiger partial charge in [-0.05, 0) is 23.3 Å². The van der Waals surface area contributed by atoms with E-state index in [-0.39, 0.29) is 12.7 Å². The zero-order valence-electron chi connectivity index (χ0n) is 12.2. The number of fused-ring (bicyclic) bond motifs is 1. The maximum Gasteiger partial charge on any atom is 0.254 e. The van der Waals surface area contributed by atoms with Crippen molar-refractivity contribution in [1.82, 2.24) is 5.32 Å². The largest absolute Gasteiger partial charge is 0.454 e. The van der Waals surface area contributed by atoms with Gasteiger partial charge >= 0.3 is 0 Å². The third-order valence-electron chi connectivity index (χ3n) is 3.48. The Bertz CT molecular complexity index is 657. The predicted octanol–water partition coefficient (Wildman–Crippen LogP) is 2.42. The molecule has 0 aromatic heterocycles. The first kappa shape index (κ1) is 14.4. The van der Waals surface area contributed by atoms with E-state index < -0.39 is 6.10 Å². The number of ether oxygens (including phenoxy) is 3. The van der Waals surface area contributed by atoms with Crippen molar-refractivity contribution in [2.45, 2.75) is 12.6 Å². The predicted molar refractivity (Wildman–Crippen MR) is 80.6 cm³/mol. The van der Waals surface area contributed by atoms with Crippen molar-refractivity contribution in [2.75, 3.05) is 13.9 Å². The molecule has 0 bridgehead atoms. The molecule has 3 rings (SSSR count). The van der Waals surface area contributed by atoms with Crippen LogP contribution in [0.25, 0.3) is 0 Å². The van der Waals surface area contributed by atoms with Gasteiger partial charge in [0, 0.05) is 13.7 Å². The molecule has 1 atom stereocenters. The summed E-state index contributed by atoms with van der Waals surface area (Å²) in [7, 11) is 1.53. The maximum atomic E-state index is 12.3. The molecule has 1 amide bonds. The van der Waals surface area contributed by atoms with Gasteiger partial charge in [-0.1, -0.05) is 36.4 Å². The van der Waals surface area contributed by atoms with Crippen LogP contribution in [-0.2, 0) is 16.1 Å². The van der Waals surface area contributed by atoms with Crippen LogP contribution in [0, 0.1) is 0 Å². The smallest absolute Gasteiger partial charge is 0.254 e. The van der Waals surface area contributed by atoms with Gasteiger partial charge < -0.3 is 19.5 Å². The first-order valence-corrected chi connectivity index (χ1v) is 7.02. The maximum absolute atomic E-state index is 12.3. The average Bonchev–Trinajstić information content (AvgIpc) is 3.02. The van der Waals surface area contributed by atoms with Crippen LogP contribution in [0.2, 0.25) is 0 Å². The quantitative estimate of drug-likeness (QED) is 0.921. The third kappa shape index (κ3) is 3.04. The van der Waals surface area contributed by atoms with Gasteiger partial charge in [-0.15, -0.1) is 0 Å². The number of methoxy groups -OCH3 is 1. The zero-order chi connectivity index (χ0) is 15.4. The number of carbonyl (C=O) groups excluding carboxylic acids is 1. The Morgan fingerprint density at radius 2 is 1.95 bits per heavy atom. The minimum absolute atomic E-state index is 0.175. The molecule has 0 unspecified atom stereocenters. The molecule has 0 radical (unpaired) electrons. The molecular formula is C17H17NO4. The lowest BCUT2D eigenvalue weighted by Crippen LogP contribution is -2.29. The van der Waals surface area contributed by atoms with Crippen LogP contribution < -0.4 is 14.8 Å². The minimum Gasteiger partial charge on any atom is -0.454 e. The normalized spacial score (nSPS) is 13.7. The van der Waals surface area contributed by atoms with E-state index in [1.807, 2.05) is 48.5 Å². The molecule has 5 nitrogen and oxygen atoms in total. The van der Waals surface area contributed by atoms with Gasteiger partial charge in [0.2, 0.25) is 6.79 Å². The molecule has 114 valence electrons. The van der Waals surface area contributed by atoms with Crippen LogP contribution >= 0.6 is 0 Å². The molecule has 1 heterocycles. The molecular weight excluding hydrogens is 282 g/mol. The van der Waals surface area contributed by atoms with Gasteiger partial charge in [0.25, 0.3) is 5.91 Å². The first-order chi connectivity index (χ1) is 10.8. The van der Waals surface area contributed by atoms with Crippen molar-refractivity contribution in [3.05, 3.63) is 59.7 Å². The third-order valence-corrected chi connectivity index (χ3v) is 3.48. The summed E-state index contributed by atoms with van der Waals surface area (Å²) in [5.41, 5.74) is 1.77. The summed E-state index contributed by atoms with van der Waals surface area (Å²) in [6.45, 7) is 0.646. The van der Waals surface area contributed by atoms with Gasteiger partial charge in [0.05, 0.1) is 0 Å². The lowest BCUT2D eigenvalue weighted by atomic mass is 10.1. The second kappa shape index (κ2) is 6.49. The summed E-state index contributed by atoms with van der Waals surface area (Å²) in [5, 5.41) is 2.88. The van der Waals surface area contributed by atoms with Crippen molar-refractivity contribution in [1.29, 1.82) is 0 Å². The van der Waals surface area contributed by atoms with E-state index >= 15 is 0 Å². The summed E-state index contributed by atoms with van der Waals surface area (Å²) in [6.07, 6.45) is -0.616. The van der Waals surface area contributed by atoms with Crippen LogP contribution in [0.3, 0.4) is 0 Å². The molecule has 0 aliphatic carbocycles. The van der Waals surface area contributed by atoms with Gasteiger partial charge in [0.1, 0.15) is 0 Å². The number of benzene rings is 2. The standard InChI is InChI=1S/C17H17NO4/c1-20-16(13-5-3-2-4-6-13)17(19)18-10-12-7-8-14-15(9-12)22-11-21-14/h2-9,16H,10-11H2,1H3,(H,18,19)/t16-/m0/s1. The topological polar surface area (TPSA) is 56.8 Å². The van der Waals surface area contributed by atoms with Crippen molar-refractivity contribution < 1.29 is 19.0 Å². The molecule has 0 spiro atoms. The summed E-state index contributed by atoms with van der Waals surface area (Å²) in [4.78, 5) is 12.3. The molecule has 0 fully saturated rings. The number of rotatable bonds is 5. The molecule has 2 aromatic rings. The number of hydrogen-bond acceptors (Lipinski definition) is 4. The van der Waals surface area contributed by atoms with Gasteiger partial charge in [0.15, 0.2) is 17.6 Å². The fourth-order valence-corrected chi connectivity index (χ4v) is 2.36. The SMILES string of the molecule is CO[C@H](C(=O)NCc1ccc2c(c1)OCO2)c1ccccc1. The monoisotopic (exact) mass is 299 g/mol. The molecule has 5 heteroatoms. The van der Waals surface area contributed by atoms with E-state index in [0.717, 1.165) is 16.9 Å². The summed E-state index contributed by atoms with van der Waals surface area (Å²) < 4.78 is 15.9. The second-order valence-corrected chi connectivity index (χ2v) is 4.93. The number of hydrogen-bond donors (Lipinski definition) is 1. The Morgan fingerprint density at radius 3 is 2.73 bits per heavy atom. The van der Waals surface area contributed by atoms with E-state index in [1.54, 1.807) is 0 Å². The van der Waals surface area contributed by atoms with Gasteiger partial charge in [-0.25, -0.2) is 0 Å². The Balaban J connectivity index is 1.64. The van der Waals surface area contributed by atoms with Gasteiger partial charge in [-0.3, -0.25) is 4.79 Å². The van der Waals surface area contributed by atoms with E-state index in [1.165, 1.54) is 7.11 Å². The lowest BCUT2D eigenvalue weighted by molar-refractivity contribution is -0.131. The number of amides is 1. The fraction of sp³-hybridized carbons (Fsp3) is 0.235. The second-order valence-electron chi connectivity index (χ2n) is 4.93. The lowest BCUT2D eigenvalue weighted by Gasteiger charge is -2.15. The van der Waals surface area contributed by atoms with Crippen molar-refractivity contribution in [3.63, 3.8) is 0 Å². The zero-order valence-corrected chi connectivity index (χ0v) is 12.2. The van der Waals surface area contributed by atoms with Crippen LogP contribution in [0.5, 0.6) is 11.5 Å². The van der Waals surface area contributed by atoms with Crippen LogP contribution in [0.1, 0.15) is 17.2 Å². The Kier molecular flexibility index (Phi) is 4.25. The van der Waals surface area contributed by atoms with Gasteiger partial charge in [-0.2, -0.15) is 0 Å². The molecule has 0 saturated carbocycles. The molecule has 2 aromatic carbocycles. The van der Waals surface area contributed by atoms with Crippen molar-refractivity contribution >= 4 is 5.91 Å². The number of carbonyl (C=O) groups is 1. The van der Waals surface area contributed by atoms with Crippen LogP contribution in [-0.4, -0.2) is 19.8 Å². The summed E-state index contributed by atoms with van der Waals surface area (Å²) in [6, 6.07) is 15.0. The highest BCUT2D eigenvalue weighted by Crippen LogP contribution is 2.32. The van der Waals surface area contributed by atoms with Crippen molar-refractivity contribution in [3.8, 4) is 11.5 Å². The van der Waals surface area contributed by atoms with Crippen LogP contribution in [0.4, 0.5) is 0 Å².